The third-order valence-electron chi connectivity index (χ3n) is 4.05. The molecule has 2 aromatic rings. The maximum Gasteiger partial charge on any atom is 0.294 e. The zero-order chi connectivity index (χ0) is 19.2. The lowest BCUT2D eigenvalue weighted by Gasteiger charge is -2.26. The van der Waals surface area contributed by atoms with Crippen LogP contribution in [0, 0.1) is 12.7 Å². The molecular formula is C19H22FNO4S. The van der Waals surface area contributed by atoms with Crippen molar-refractivity contribution in [1.29, 1.82) is 0 Å². The van der Waals surface area contributed by atoms with Crippen LogP contribution in [0.15, 0.2) is 53.4 Å². The molecule has 0 spiro atoms. The summed E-state index contributed by atoms with van der Waals surface area (Å²) in [5.74, 6) is -0.278. The number of carbonyl (C=O) groups excluding carboxylic acids is 1. The molecule has 1 amide bonds. The van der Waals surface area contributed by atoms with Crippen LogP contribution in [0.1, 0.15) is 35.2 Å². The van der Waals surface area contributed by atoms with Crippen molar-refractivity contribution < 1.29 is 22.2 Å². The Balaban J connectivity index is 0.000000197. The van der Waals surface area contributed by atoms with Gasteiger partial charge in [0.15, 0.2) is 0 Å². The Morgan fingerprint density at radius 1 is 0.962 bits per heavy atom. The molecule has 3 rings (SSSR count). The van der Waals surface area contributed by atoms with Crippen molar-refractivity contribution in [2.75, 3.05) is 13.1 Å². The van der Waals surface area contributed by atoms with Crippen LogP contribution in [0.3, 0.4) is 0 Å². The molecular weight excluding hydrogens is 357 g/mol. The minimum atomic E-state index is -4.02. The Bertz CT molecular complexity index is 827. The van der Waals surface area contributed by atoms with Gasteiger partial charge in [-0.05, 0) is 62.6 Å². The molecule has 0 saturated carbocycles. The predicted octanol–water partition coefficient (Wildman–Crippen LogP) is 3.69. The summed E-state index contributed by atoms with van der Waals surface area (Å²) in [4.78, 5) is 13.7. The van der Waals surface area contributed by atoms with Gasteiger partial charge in [0.1, 0.15) is 5.82 Å². The number of hydrogen-bond acceptors (Lipinski definition) is 3. The Labute approximate surface area is 153 Å². The fraction of sp³-hybridized carbons (Fsp3) is 0.316. The molecule has 1 saturated heterocycles. The SMILES string of the molecule is Cc1ccc(S(=O)(=O)O)cc1.O=C(c1ccc(F)cc1)N1CCCCC1. The number of amides is 1. The Hall–Kier alpha value is -2.25. The van der Waals surface area contributed by atoms with Gasteiger partial charge in [-0.3, -0.25) is 9.35 Å². The second-order valence-corrected chi connectivity index (χ2v) is 7.57. The number of hydrogen-bond donors (Lipinski definition) is 1. The first-order chi connectivity index (χ1) is 12.3. The van der Waals surface area contributed by atoms with Gasteiger partial charge in [-0.15, -0.1) is 0 Å². The zero-order valence-electron chi connectivity index (χ0n) is 14.6. The average Bonchev–Trinajstić information content (AvgIpc) is 2.63. The third kappa shape index (κ3) is 5.93. The molecule has 140 valence electrons. The molecule has 7 heteroatoms. The van der Waals surface area contributed by atoms with E-state index in [4.69, 9.17) is 4.55 Å². The van der Waals surface area contributed by atoms with Crippen molar-refractivity contribution in [3.63, 3.8) is 0 Å². The number of nitrogens with zero attached hydrogens (tertiary/aromatic N) is 1. The molecule has 0 aromatic heterocycles. The molecule has 26 heavy (non-hydrogen) atoms. The lowest BCUT2D eigenvalue weighted by Crippen LogP contribution is -2.35. The minimum absolute atomic E-state index is 0.0229. The smallest absolute Gasteiger partial charge is 0.294 e. The quantitative estimate of drug-likeness (QED) is 0.808. The number of aryl methyl sites for hydroxylation is 1. The number of rotatable bonds is 2. The standard InChI is InChI=1S/C12H14FNO.C7H8O3S/c13-11-6-4-10(5-7-11)12(15)14-8-2-1-3-9-14;1-6-2-4-7(5-3-6)11(8,9)10/h4-7H,1-3,8-9H2;2-5H,1H3,(H,8,9,10). The zero-order valence-corrected chi connectivity index (χ0v) is 15.4. The van der Waals surface area contributed by atoms with Crippen molar-refractivity contribution in [1.82, 2.24) is 4.90 Å². The van der Waals surface area contributed by atoms with Gasteiger partial charge >= 0.3 is 0 Å². The normalized spacial score (nSPS) is 14.3. The maximum atomic E-state index is 12.7. The first-order valence-corrected chi connectivity index (χ1v) is 9.80. The molecule has 0 bridgehead atoms. The number of likely N-dealkylation sites (tertiary alicyclic amines) is 1. The van der Waals surface area contributed by atoms with Gasteiger partial charge < -0.3 is 4.90 Å². The second-order valence-electron chi connectivity index (χ2n) is 6.15. The van der Waals surface area contributed by atoms with Crippen LogP contribution in [-0.4, -0.2) is 36.9 Å². The van der Waals surface area contributed by atoms with E-state index < -0.39 is 10.1 Å². The van der Waals surface area contributed by atoms with Gasteiger partial charge in [0.2, 0.25) is 0 Å². The van der Waals surface area contributed by atoms with Gasteiger partial charge in [-0.25, -0.2) is 4.39 Å². The van der Waals surface area contributed by atoms with E-state index in [0.29, 0.717) is 5.56 Å². The maximum absolute atomic E-state index is 12.7. The highest BCUT2D eigenvalue weighted by atomic mass is 32.2. The Morgan fingerprint density at radius 3 is 2.00 bits per heavy atom. The van der Waals surface area contributed by atoms with Crippen LogP contribution in [-0.2, 0) is 10.1 Å². The van der Waals surface area contributed by atoms with E-state index in [1.807, 2.05) is 11.8 Å². The Kier molecular flexibility index (Phi) is 6.88. The van der Waals surface area contributed by atoms with E-state index >= 15 is 0 Å². The molecule has 1 fully saturated rings. The monoisotopic (exact) mass is 379 g/mol. The predicted molar refractivity (Wildman–Crippen MR) is 97.1 cm³/mol. The molecule has 1 aliphatic heterocycles. The summed E-state index contributed by atoms with van der Waals surface area (Å²) < 4.78 is 42.2. The van der Waals surface area contributed by atoms with Gasteiger partial charge in [-0.2, -0.15) is 8.42 Å². The summed E-state index contributed by atoms with van der Waals surface area (Å²) in [5, 5.41) is 0. The lowest BCUT2D eigenvalue weighted by atomic mass is 10.1. The highest BCUT2D eigenvalue weighted by Crippen LogP contribution is 2.13. The van der Waals surface area contributed by atoms with Crippen molar-refractivity contribution >= 4 is 16.0 Å². The molecule has 0 atom stereocenters. The molecule has 1 heterocycles. The topological polar surface area (TPSA) is 74.7 Å². The summed E-state index contributed by atoms with van der Waals surface area (Å²) in [5.41, 5.74) is 1.54. The van der Waals surface area contributed by atoms with Crippen LogP contribution in [0.5, 0.6) is 0 Å². The molecule has 0 unspecified atom stereocenters. The number of carbonyl (C=O) groups is 1. The van der Waals surface area contributed by atoms with Crippen molar-refractivity contribution in [2.24, 2.45) is 0 Å². The Morgan fingerprint density at radius 2 is 1.50 bits per heavy atom. The fourth-order valence-electron chi connectivity index (χ4n) is 2.58. The molecule has 0 radical (unpaired) electrons. The van der Waals surface area contributed by atoms with E-state index in [1.54, 1.807) is 24.3 Å². The van der Waals surface area contributed by atoms with Gasteiger partial charge in [0.05, 0.1) is 4.90 Å². The molecule has 2 aromatic carbocycles. The van der Waals surface area contributed by atoms with E-state index in [9.17, 15) is 17.6 Å². The van der Waals surface area contributed by atoms with E-state index in [2.05, 4.69) is 0 Å². The highest BCUT2D eigenvalue weighted by Gasteiger charge is 2.17. The summed E-state index contributed by atoms with van der Waals surface area (Å²) in [6.45, 7) is 3.50. The van der Waals surface area contributed by atoms with Crippen LogP contribution in [0.4, 0.5) is 4.39 Å². The highest BCUT2D eigenvalue weighted by molar-refractivity contribution is 7.85. The first-order valence-electron chi connectivity index (χ1n) is 8.36. The van der Waals surface area contributed by atoms with Gasteiger partial charge in [0, 0.05) is 18.7 Å². The summed E-state index contributed by atoms with van der Waals surface area (Å²) in [6.07, 6.45) is 3.35. The molecule has 1 N–H and O–H groups in total. The van der Waals surface area contributed by atoms with Gasteiger partial charge in [0.25, 0.3) is 16.0 Å². The first kappa shape index (κ1) is 20.1. The minimum Gasteiger partial charge on any atom is -0.339 e. The molecule has 5 nitrogen and oxygen atoms in total. The van der Waals surface area contributed by atoms with Crippen LogP contribution in [0.25, 0.3) is 0 Å². The van der Waals surface area contributed by atoms with Crippen molar-refractivity contribution in [3.05, 3.63) is 65.5 Å². The van der Waals surface area contributed by atoms with Crippen LogP contribution in [0.2, 0.25) is 0 Å². The third-order valence-corrected chi connectivity index (χ3v) is 4.92. The van der Waals surface area contributed by atoms with E-state index in [0.717, 1.165) is 31.5 Å². The van der Waals surface area contributed by atoms with Crippen molar-refractivity contribution in [3.8, 4) is 0 Å². The van der Waals surface area contributed by atoms with E-state index in [1.165, 1.54) is 30.7 Å². The summed E-state index contributed by atoms with van der Waals surface area (Å²) in [7, 11) is -4.02. The number of piperidine rings is 1. The largest absolute Gasteiger partial charge is 0.339 e. The van der Waals surface area contributed by atoms with Crippen LogP contribution >= 0.6 is 0 Å². The summed E-state index contributed by atoms with van der Waals surface area (Å²) in [6, 6.07) is 11.7. The summed E-state index contributed by atoms with van der Waals surface area (Å²) >= 11 is 0. The number of benzene rings is 2. The van der Waals surface area contributed by atoms with Crippen LogP contribution < -0.4 is 0 Å². The lowest BCUT2D eigenvalue weighted by molar-refractivity contribution is 0.0724. The average molecular weight is 379 g/mol. The van der Waals surface area contributed by atoms with Crippen molar-refractivity contribution in [2.45, 2.75) is 31.1 Å². The van der Waals surface area contributed by atoms with Gasteiger partial charge in [-0.1, -0.05) is 17.7 Å². The van der Waals surface area contributed by atoms with E-state index in [-0.39, 0.29) is 16.6 Å². The molecule has 1 aliphatic rings. The second kappa shape index (κ2) is 8.91. The fourth-order valence-corrected chi connectivity index (χ4v) is 3.06. The molecule has 0 aliphatic carbocycles. The number of halogens is 1.